The van der Waals surface area contributed by atoms with Gasteiger partial charge in [-0.1, -0.05) is 32.6 Å². The van der Waals surface area contributed by atoms with Crippen LogP contribution >= 0.6 is 0 Å². The summed E-state index contributed by atoms with van der Waals surface area (Å²) in [5.41, 5.74) is 5.66. The van der Waals surface area contributed by atoms with Crippen molar-refractivity contribution in [3.63, 3.8) is 0 Å². The summed E-state index contributed by atoms with van der Waals surface area (Å²) in [6.07, 6.45) is 6.78. The Morgan fingerprint density at radius 2 is 2.00 bits per heavy atom. The third kappa shape index (κ3) is 5.05. The second-order valence-electron chi connectivity index (χ2n) is 4.71. The van der Waals surface area contributed by atoms with Crippen molar-refractivity contribution in [2.45, 2.75) is 46.0 Å². The number of aliphatic imine (C=N–C) groups is 1. The maximum absolute atomic E-state index is 5.66. The van der Waals surface area contributed by atoms with E-state index in [1.54, 1.807) is 0 Å². The minimum Gasteiger partial charge on any atom is -0.370 e. The van der Waals surface area contributed by atoms with Crippen molar-refractivity contribution >= 4 is 5.96 Å². The number of nitrogens with zero attached hydrogens (tertiary/aromatic N) is 1. The lowest BCUT2D eigenvalue weighted by Gasteiger charge is -2.25. The van der Waals surface area contributed by atoms with E-state index in [1.165, 1.54) is 32.1 Å². The monoisotopic (exact) mass is 211 g/mol. The third-order valence-corrected chi connectivity index (χ3v) is 3.31. The van der Waals surface area contributed by atoms with Crippen LogP contribution in [0.25, 0.3) is 0 Å². The third-order valence-electron chi connectivity index (χ3n) is 3.31. The Balaban J connectivity index is 2.12. The van der Waals surface area contributed by atoms with Gasteiger partial charge < -0.3 is 11.1 Å². The maximum Gasteiger partial charge on any atom is 0.188 e. The van der Waals surface area contributed by atoms with Crippen molar-refractivity contribution in [3.8, 4) is 0 Å². The summed E-state index contributed by atoms with van der Waals surface area (Å²) in [6, 6.07) is 0. The van der Waals surface area contributed by atoms with Crippen molar-refractivity contribution in [2.24, 2.45) is 22.6 Å². The van der Waals surface area contributed by atoms with Gasteiger partial charge in [0, 0.05) is 13.1 Å². The Labute approximate surface area is 93.5 Å². The van der Waals surface area contributed by atoms with Gasteiger partial charge in [0.2, 0.25) is 0 Å². The molecule has 0 aliphatic heterocycles. The highest BCUT2D eigenvalue weighted by Crippen LogP contribution is 2.30. The molecule has 1 aliphatic carbocycles. The molecule has 1 fully saturated rings. The minimum atomic E-state index is 0.599. The minimum absolute atomic E-state index is 0.599. The van der Waals surface area contributed by atoms with Crippen LogP contribution in [-0.2, 0) is 0 Å². The number of nitrogens with one attached hydrogen (secondary N) is 1. The SMILES string of the molecule is CCNC(N)=NCCC1CCC(C)CC1. The van der Waals surface area contributed by atoms with E-state index in [0.717, 1.165) is 24.9 Å². The molecular weight excluding hydrogens is 186 g/mol. The molecule has 1 saturated carbocycles. The van der Waals surface area contributed by atoms with Crippen molar-refractivity contribution in [3.05, 3.63) is 0 Å². The molecule has 0 heterocycles. The zero-order valence-electron chi connectivity index (χ0n) is 10.1. The summed E-state index contributed by atoms with van der Waals surface area (Å²) in [5, 5.41) is 3.02. The van der Waals surface area contributed by atoms with Crippen LogP contribution in [0.4, 0.5) is 0 Å². The number of guanidine groups is 1. The van der Waals surface area contributed by atoms with E-state index in [9.17, 15) is 0 Å². The molecule has 3 nitrogen and oxygen atoms in total. The molecule has 0 aromatic heterocycles. The summed E-state index contributed by atoms with van der Waals surface area (Å²) in [4.78, 5) is 4.31. The fourth-order valence-electron chi connectivity index (χ4n) is 2.22. The molecule has 0 saturated heterocycles. The van der Waals surface area contributed by atoms with E-state index in [2.05, 4.69) is 17.2 Å². The molecule has 0 amide bonds. The van der Waals surface area contributed by atoms with Crippen LogP contribution in [0.3, 0.4) is 0 Å². The molecule has 0 aromatic rings. The summed E-state index contributed by atoms with van der Waals surface area (Å²) in [6.45, 7) is 6.14. The highest BCUT2D eigenvalue weighted by atomic mass is 15.1. The summed E-state index contributed by atoms with van der Waals surface area (Å²) in [5.74, 6) is 2.43. The molecule has 0 spiro atoms. The second-order valence-corrected chi connectivity index (χ2v) is 4.71. The summed E-state index contributed by atoms with van der Waals surface area (Å²) in [7, 11) is 0. The number of hydrogen-bond acceptors (Lipinski definition) is 1. The van der Waals surface area contributed by atoms with Crippen LogP contribution < -0.4 is 11.1 Å². The maximum atomic E-state index is 5.66. The first-order chi connectivity index (χ1) is 7.22. The lowest BCUT2D eigenvalue weighted by molar-refractivity contribution is 0.280. The summed E-state index contributed by atoms with van der Waals surface area (Å²) < 4.78 is 0. The van der Waals surface area contributed by atoms with Gasteiger partial charge in [0.1, 0.15) is 0 Å². The first kappa shape index (κ1) is 12.3. The van der Waals surface area contributed by atoms with Crippen LogP contribution in [0, 0.1) is 11.8 Å². The van der Waals surface area contributed by atoms with Gasteiger partial charge >= 0.3 is 0 Å². The Morgan fingerprint density at radius 1 is 1.33 bits per heavy atom. The molecule has 0 atom stereocenters. The molecule has 0 aromatic carbocycles. The Kier molecular flexibility index (Phi) is 5.51. The lowest BCUT2D eigenvalue weighted by Crippen LogP contribution is -2.31. The van der Waals surface area contributed by atoms with Gasteiger partial charge in [0.05, 0.1) is 0 Å². The van der Waals surface area contributed by atoms with Crippen LogP contribution in [0.2, 0.25) is 0 Å². The van der Waals surface area contributed by atoms with Gasteiger partial charge in [0.15, 0.2) is 5.96 Å². The van der Waals surface area contributed by atoms with Crippen LogP contribution in [0.5, 0.6) is 0 Å². The Bertz CT molecular complexity index is 193. The smallest absolute Gasteiger partial charge is 0.188 e. The Hall–Kier alpha value is -0.730. The second kappa shape index (κ2) is 6.70. The van der Waals surface area contributed by atoms with Crippen molar-refractivity contribution in [1.82, 2.24) is 5.32 Å². The molecule has 1 aliphatic rings. The number of rotatable bonds is 4. The van der Waals surface area contributed by atoms with E-state index >= 15 is 0 Å². The Morgan fingerprint density at radius 3 is 2.60 bits per heavy atom. The van der Waals surface area contributed by atoms with Crippen LogP contribution in [0.1, 0.15) is 46.0 Å². The van der Waals surface area contributed by atoms with E-state index in [1.807, 2.05) is 6.92 Å². The molecule has 1 rings (SSSR count). The van der Waals surface area contributed by atoms with E-state index in [-0.39, 0.29) is 0 Å². The zero-order valence-corrected chi connectivity index (χ0v) is 10.1. The predicted octanol–water partition coefficient (Wildman–Crippen LogP) is 2.13. The van der Waals surface area contributed by atoms with E-state index in [4.69, 9.17) is 5.73 Å². The molecule has 0 radical (unpaired) electrons. The highest BCUT2D eigenvalue weighted by molar-refractivity contribution is 5.77. The van der Waals surface area contributed by atoms with Crippen molar-refractivity contribution in [2.75, 3.05) is 13.1 Å². The molecule has 0 unspecified atom stereocenters. The van der Waals surface area contributed by atoms with Crippen LogP contribution in [-0.4, -0.2) is 19.0 Å². The number of hydrogen-bond donors (Lipinski definition) is 2. The topological polar surface area (TPSA) is 50.4 Å². The quantitative estimate of drug-likeness (QED) is 0.553. The fourth-order valence-corrected chi connectivity index (χ4v) is 2.22. The van der Waals surface area contributed by atoms with Gasteiger partial charge in [-0.2, -0.15) is 0 Å². The molecule has 15 heavy (non-hydrogen) atoms. The molecule has 3 N–H and O–H groups in total. The first-order valence-electron chi connectivity index (χ1n) is 6.26. The van der Waals surface area contributed by atoms with Gasteiger partial charge in [-0.05, 0) is 25.2 Å². The lowest BCUT2D eigenvalue weighted by atomic mass is 9.81. The van der Waals surface area contributed by atoms with Gasteiger partial charge in [-0.25, -0.2) is 0 Å². The molecule has 0 bridgehead atoms. The molecule has 3 heteroatoms. The zero-order chi connectivity index (χ0) is 11.1. The average molecular weight is 211 g/mol. The average Bonchev–Trinajstić information content (AvgIpc) is 2.21. The fraction of sp³-hybridized carbons (Fsp3) is 0.917. The van der Waals surface area contributed by atoms with Crippen molar-refractivity contribution < 1.29 is 0 Å². The van der Waals surface area contributed by atoms with E-state index < -0.39 is 0 Å². The van der Waals surface area contributed by atoms with Crippen LogP contribution in [0.15, 0.2) is 4.99 Å². The van der Waals surface area contributed by atoms with E-state index in [0.29, 0.717) is 5.96 Å². The largest absolute Gasteiger partial charge is 0.370 e. The standard InChI is InChI=1S/C12H25N3/c1-3-14-12(13)15-9-8-11-6-4-10(2)5-7-11/h10-11H,3-9H2,1-2H3,(H3,13,14,15). The first-order valence-corrected chi connectivity index (χ1v) is 6.26. The van der Waals surface area contributed by atoms with Gasteiger partial charge in [-0.15, -0.1) is 0 Å². The highest BCUT2D eigenvalue weighted by Gasteiger charge is 2.17. The number of nitrogens with two attached hydrogens (primary N) is 1. The molecular formula is C12H25N3. The van der Waals surface area contributed by atoms with Gasteiger partial charge in [0.25, 0.3) is 0 Å². The summed E-state index contributed by atoms with van der Waals surface area (Å²) >= 11 is 0. The van der Waals surface area contributed by atoms with Crippen molar-refractivity contribution in [1.29, 1.82) is 0 Å². The molecule has 88 valence electrons. The predicted molar refractivity (Wildman–Crippen MR) is 65.9 cm³/mol. The van der Waals surface area contributed by atoms with Gasteiger partial charge in [-0.3, -0.25) is 4.99 Å². The normalized spacial score (nSPS) is 27.7.